The molecule has 2 atom stereocenters. The average Bonchev–Trinajstić information content (AvgIpc) is 2.61. The lowest BCUT2D eigenvalue weighted by Gasteiger charge is -2.35. The first kappa shape index (κ1) is 19.2. The summed E-state index contributed by atoms with van der Waals surface area (Å²) in [6, 6.07) is 8.31. The van der Waals surface area contributed by atoms with E-state index in [9.17, 15) is 4.79 Å². The topological polar surface area (TPSA) is 38.8 Å². The zero-order chi connectivity index (χ0) is 18.5. The fourth-order valence-electron chi connectivity index (χ4n) is 4.40. The minimum atomic E-state index is 0.0932. The van der Waals surface area contributed by atoms with E-state index in [-0.39, 0.29) is 5.91 Å². The van der Waals surface area contributed by atoms with E-state index in [1.165, 1.54) is 12.1 Å². The quantitative estimate of drug-likeness (QED) is 0.878. The number of hydrogen-bond donors (Lipinski definition) is 1. The van der Waals surface area contributed by atoms with E-state index in [0.29, 0.717) is 18.4 Å². The van der Waals surface area contributed by atoms with Gasteiger partial charge in [-0.05, 0) is 49.1 Å². The number of carbonyl (C=O) groups is 1. The number of rotatable bonds is 5. The number of nitrogens with one attached hydrogen (secondary N) is 1. The van der Waals surface area contributed by atoms with Crippen molar-refractivity contribution in [2.75, 3.05) is 62.6 Å². The molecule has 1 N–H and O–H groups in total. The second-order valence-electron chi connectivity index (χ2n) is 8.16. The van der Waals surface area contributed by atoms with Crippen LogP contribution in [0, 0.1) is 11.8 Å². The van der Waals surface area contributed by atoms with Crippen molar-refractivity contribution >= 4 is 17.3 Å². The highest BCUT2D eigenvalue weighted by molar-refractivity contribution is 5.92. The Hall–Kier alpha value is -1.59. The van der Waals surface area contributed by atoms with Crippen LogP contribution in [0.25, 0.3) is 0 Å². The molecule has 1 aromatic rings. The van der Waals surface area contributed by atoms with E-state index >= 15 is 0 Å². The largest absolute Gasteiger partial charge is 0.369 e. The van der Waals surface area contributed by atoms with Crippen LogP contribution in [-0.4, -0.2) is 68.1 Å². The van der Waals surface area contributed by atoms with Crippen molar-refractivity contribution in [2.45, 2.75) is 27.2 Å². The monoisotopic (exact) mass is 358 g/mol. The Morgan fingerprint density at radius 1 is 1.00 bits per heavy atom. The zero-order valence-electron chi connectivity index (χ0n) is 16.6. The highest BCUT2D eigenvalue weighted by atomic mass is 16.2. The summed E-state index contributed by atoms with van der Waals surface area (Å²) in [4.78, 5) is 19.6. The second kappa shape index (κ2) is 8.87. The molecule has 5 heteroatoms. The third kappa shape index (κ3) is 5.21. The molecule has 2 heterocycles. The van der Waals surface area contributed by atoms with Crippen LogP contribution >= 0.6 is 0 Å². The van der Waals surface area contributed by atoms with Crippen LogP contribution in [0.2, 0.25) is 0 Å². The summed E-state index contributed by atoms with van der Waals surface area (Å²) in [5.41, 5.74) is 2.14. The van der Waals surface area contributed by atoms with E-state index in [1.54, 1.807) is 0 Å². The molecule has 2 fully saturated rings. The molecular formula is C21H34N4O. The SMILES string of the molecule is CCN1CCN(c2ccc(NC(=O)CN3C[C@H](C)C[C@H](C)C3)cc2)CC1. The van der Waals surface area contributed by atoms with Crippen molar-refractivity contribution in [3.05, 3.63) is 24.3 Å². The van der Waals surface area contributed by atoms with E-state index in [4.69, 9.17) is 0 Å². The Bertz CT molecular complexity index is 570. The molecule has 2 saturated heterocycles. The summed E-state index contributed by atoms with van der Waals surface area (Å²) in [7, 11) is 0. The zero-order valence-corrected chi connectivity index (χ0v) is 16.6. The third-order valence-electron chi connectivity index (χ3n) is 5.65. The molecule has 1 aromatic carbocycles. The van der Waals surface area contributed by atoms with Crippen LogP contribution in [-0.2, 0) is 4.79 Å². The minimum absolute atomic E-state index is 0.0932. The molecule has 1 amide bonds. The van der Waals surface area contributed by atoms with Gasteiger partial charge in [-0.25, -0.2) is 0 Å². The molecule has 0 aliphatic carbocycles. The average molecular weight is 359 g/mol. The van der Waals surface area contributed by atoms with Gasteiger partial charge in [-0.15, -0.1) is 0 Å². The van der Waals surface area contributed by atoms with Crippen LogP contribution in [0.5, 0.6) is 0 Å². The maximum Gasteiger partial charge on any atom is 0.238 e. The normalized spacial score (nSPS) is 25.3. The molecular weight excluding hydrogens is 324 g/mol. The van der Waals surface area contributed by atoms with Crippen molar-refractivity contribution in [3.63, 3.8) is 0 Å². The summed E-state index contributed by atoms with van der Waals surface area (Å²) in [6.45, 7) is 14.9. The van der Waals surface area contributed by atoms with E-state index in [0.717, 1.165) is 51.5 Å². The molecule has 0 spiro atoms. The summed E-state index contributed by atoms with van der Waals surface area (Å²) < 4.78 is 0. The van der Waals surface area contributed by atoms with Gasteiger partial charge in [-0.3, -0.25) is 9.69 Å². The molecule has 0 aromatic heterocycles. The molecule has 0 bridgehead atoms. The van der Waals surface area contributed by atoms with Crippen LogP contribution in [0.4, 0.5) is 11.4 Å². The number of piperazine rings is 1. The predicted molar refractivity (Wildman–Crippen MR) is 109 cm³/mol. The molecule has 0 saturated carbocycles. The fraction of sp³-hybridized carbons (Fsp3) is 0.667. The Morgan fingerprint density at radius 2 is 1.62 bits per heavy atom. The molecule has 144 valence electrons. The smallest absolute Gasteiger partial charge is 0.238 e. The van der Waals surface area contributed by atoms with Gasteiger partial charge in [0.05, 0.1) is 6.54 Å². The van der Waals surface area contributed by atoms with Crippen molar-refractivity contribution < 1.29 is 4.79 Å². The van der Waals surface area contributed by atoms with Gasteiger partial charge < -0.3 is 15.1 Å². The van der Waals surface area contributed by atoms with Crippen LogP contribution in [0.15, 0.2) is 24.3 Å². The number of anilines is 2. The first-order valence-corrected chi connectivity index (χ1v) is 10.1. The Labute approximate surface area is 158 Å². The van der Waals surface area contributed by atoms with Crippen LogP contribution in [0.3, 0.4) is 0 Å². The van der Waals surface area contributed by atoms with Gasteiger partial charge in [-0.1, -0.05) is 20.8 Å². The van der Waals surface area contributed by atoms with Gasteiger partial charge in [0.2, 0.25) is 5.91 Å². The van der Waals surface area contributed by atoms with Gasteiger partial charge in [0.1, 0.15) is 0 Å². The van der Waals surface area contributed by atoms with E-state index in [1.807, 2.05) is 12.1 Å². The van der Waals surface area contributed by atoms with Crippen molar-refractivity contribution in [1.82, 2.24) is 9.80 Å². The first-order chi connectivity index (χ1) is 12.5. The van der Waals surface area contributed by atoms with Gasteiger partial charge in [0.25, 0.3) is 0 Å². The van der Waals surface area contributed by atoms with Gasteiger partial charge in [0, 0.05) is 50.6 Å². The predicted octanol–water partition coefficient (Wildman–Crippen LogP) is 2.74. The highest BCUT2D eigenvalue weighted by Crippen LogP contribution is 2.22. The van der Waals surface area contributed by atoms with Crippen molar-refractivity contribution in [1.29, 1.82) is 0 Å². The molecule has 5 nitrogen and oxygen atoms in total. The lowest BCUT2D eigenvalue weighted by molar-refractivity contribution is -0.117. The maximum absolute atomic E-state index is 12.4. The lowest BCUT2D eigenvalue weighted by Crippen LogP contribution is -2.46. The van der Waals surface area contributed by atoms with E-state index < -0.39 is 0 Å². The molecule has 2 aliphatic heterocycles. The summed E-state index contributed by atoms with van der Waals surface area (Å²) in [5, 5.41) is 3.06. The van der Waals surface area contributed by atoms with Crippen molar-refractivity contribution in [2.24, 2.45) is 11.8 Å². The first-order valence-electron chi connectivity index (χ1n) is 10.1. The summed E-state index contributed by atoms with van der Waals surface area (Å²) in [5.74, 6) is 1.45. The number of likely N-dealkylation sites (tertiary alicyclic amines) is 1. The fourth-order valence-corrected chi connectivity index (χ4v) is 4.40. The van der Waals surface area contributed by atoms with E-state index in [2.05, 4.69) is 52.9 Å². The summed E-state index contributed by atoms with van der Waals surface area (Å²) >= 11 is 0. The summed E-state index contributed by atoms with van der Waals surface area (Å²) in [6.07, 6.45) is 1.27. The standard InChI is InChI=1S/C21H34N4O/c1-4-23-9-11-25(12-10-23)20-7-5-19(6-8-20)22-21(26)16-24-14-17(2)13-18(3)15-24/h5-8,17-18H,4,9-16H2,1-3H3,(H,22,26)/t17-,18+. The molecule has 26 heavy (non-hydrogen) atoms. The number of amides is 1. The molecule has 0 radical (unpaired) electrons. The molecule has 0 unspecified atom stereocenters. The molecule has 3 rings (SSSR count). The number of piperidine rings is 1. The van der Waals surface area contributed by atoms with Crippen molar-refractivity contribution in [3.8, 4) is 0 Å². The second-order valence-corrected chi connectivity index (χ2v) is 8.16. The number of nitrogens with zero attached hydrogens (tertiary/aromatic N) is 3. The highest BCUT2D eigenvalue weighted by Gasteiger charge is 2.23. The number of hydrogen-bond acceptors (Lipinski definition) is 4. The number of benzene rings is 1. The van der Waals surface area contributed by atoms with Gasteiger partial charge in [0.15, 0.2) is 0 Å². The number of carbonyl (C=O) groups excluding carboxylic acids is 1. The minimum Gasteiger partial charge on any atom is -0.369 e. The third-order valence-corrected chi connectivity index (χ3v) is 5.65. The number of likely N-dealkylation sites (N-methyl/N-ethyl adjacent to an activating group) is 1. The molecule has 2 aliphatic rings. The van der Waals surface area contributed by atoms with Crippen LogP contribution in [0.1, 0.15) is 27.2 Å². The Kier molecular flexibility index (Phi) is 6.54. The Balaban J connectivity index is 1.48. The van der Waals surface area contributed by atoms with Gasteiger partial charge >= 0.3 is 0 Å². The van der Waals surface area contributed by atoms with Crippen LogP contribution < -0.4 is 10.2 Å². The van der Waals surface area contributed by atoms with Gasteiger partial charge in [-0.2, -0.15) is 0 Å². The maximum atomic E-state index is 12.4. The lowest BCUT2D eigenvalue weighted by atomic mass is 9.92. The Morgan fingerprint density at radius 3 is 2.19 bits per heavy atom.